The van der Waals surface area contributed by atoms with Crippen molar-refractivity contribution in [2.24, 2.45) is 4.99 Å². The van der Waals surface area contributed by atoms with E-state index in [1.807, 2.05) is 18.8 Å². The number of guanidine groups is 1. The molecule has 6 heteroatoms. The maximum absolute atomic E-state index is 4.36. The van der Waals surface area contributed by atoms with Crippen molar-refractivity contribution >= 4 is 41.7 Å². The largest absolute Gasteiger partial charge is 0.355 e. The highest BCUT2D eigenvalue weighted by atomic mass is 127. The number of nitrogens with zero attached hydrogens (tertiary/aromatic N) is 2. The fourth-order valence-electron chi connectivity index (χ4n) is 2.90. The molecule has 0 bridgehead atoms. The topological polar surface area (TPSA) is 39.7 Å². The van der Waals surface area contributed by atoms with Crippen LogP contribution in [-0.4, -0.2) is 61.1 Å². The van der Waals surface area contributed by atoms with Gasteiger partial charge in [-0.05, 0) is 52.3 Å². The van der Waals surface area contributed by atoms with Gasteiger partial charge in [-0.2, -0.15) is 11.8 Å². The van der Waals surface area contributed by atoms with Crippen molar-refractivity contribution in [2.45, 2.75) is 62.4 Å². The Bertz CT molecular complexity index is 336. The van der Waals surface area contributed by atoms with Crippen molar-refractivity contribution in [1.29, 1.82) is 0 Å². The van der Waals surface area contributed by atoms with E-state index in [-0.39, 0.29) is 24.0 Å². The predicted octanol–water partition coefficient (Wildman–Crippen LogP) is 2.54. The van der Waals surface area contributed by atoms with E-state index in [4.69, 9.17) is 0 Å². The number of hydrogen-bond donors (Lipinski definition) is 2. The third-order valence-corrected chi connectivity index (χ3v) is 5.76. The smallest absolute Gasteiger partial charge is 0.191 e. The minimum absolute atomic E-state index is 0. The van der Waals surface area contributed by atoms with Gasteiger partial charge in [-0.15, -0.1) is 24.0 Å². The number of halogens is 1. The quantitative estimate of drug-likeness (QED) is 0.389. The first kappa shape index (κ1) is 19.4. The van der Waals surface area contributed by atoms with Gasteiger partial charge in [0.05, 0.1) is 0 Å². The summed E-state index contributed by atoms with van der Waals surface area (Å²) in [5.41, 5.74) is 0. The molecule has 2 aliphatic rings. The second-order valence-electron chi connectivity index (χ2n) is 6.21. The van der Waals surface area contributed by atoms with E-state index in [1.54, 1.807) is 0 Å². The molecule has 0 radical (unpaired) electrons. The molecule has 2 aliphatic carbocycles. The average molecular weight is 426 g/mol. The van der Waals surface area contributed by atoms with Gasteiger partial charge < -0.3 is 10.6 Å². The molecule has 0 spiro atoms. The van der Waals surface area contributed by atoms with Gasteiger partial charge in [0.2, 0.25) is 0 Å². The molecule has 3 atom stereocenters. The molecule has 4 nitrogen and oxygen atoms in total. The van der Waals surface area contributed by atoms with Crippen molar-refractivity contribution in [1.82, 2.24) is 15.5 Å². The molecule has 21 heavy (non-hydrogen) atoms. The lowest BCUT2D eigenvalue weighted by Gasteiger charge is -2.26. The van der Waals surface area contributed by atoms with Crippen molar-refractivity contribution in [3.05, 3.63) is 0 Å². The molecule has 124 valence electrons. The summed E-state index contributed by atoms with van der Waals surface area (Å²) in [6, 6.07) is 1.97. The number of rotatable bonds is 6. The van der Waals surface area contributed by atoms with E-state index in [1.165, 1.54) is 32.1 Å². The molecule has 3 unspecified atom stereocenters. The summed E-state index contributed by atoms with van der Waals surface area (Å²) >= 11 is 2.00. The van der Waals surface area contributed by atoms with Crippen molar-refractivity contribution in [2.75, 3.05) is 26.9 Å². The van der Waals surface area contributed by atoms with Gasteiger partial charge in [0.1, 0.15) is 0 Å². The Morgan fingerprint density at radius 1 is 1.33 bits per heavy atom. The second kappa shape index (κ2) is 9.45. The van der Waals surface area contributed by atoms with Crippen LogP contribution in [0.15, 0.2) is 4.99 Å². The highest BCUT2D eigenvalue weighted by molar-refractivity contribution is 14.0. The van der Waals surface area contributed by atoms with Crippen LogP contribution >= 0.6 is 35.7 Å². The Morgan fingerprint density at radius 2 is 2.05 bits per heavy atom. The maximum Gasteiger partial charge on any atom is 0.191 e. The van der Waals surface area contributed by atoms with Gasteiger partial charge in [0.15, 0.2) is 5.96 Å². The van der Waals surface area contributed by atoms with Crippen molar-refractivity contribution < 1.29 is 0 Å². The predicted molar refractivity (Wildman–Crippen MR) is 105 cm³/mol. The molecule has 0 amide bonds. The fraction of sp³-hybridized carbons (Fsp3) is 0.933. The normalized spacial score (nSPS) is 27.4. The van der Waals surface area contributed by atoms with E-state index in [0.29, 0.717) is 12.1 Å². The number of nitrogens with one attached hydrogen (secondary N) is 2. The summed E-state index contributed by atoms with van der Waals surface area (Å²) in [4.78, 5) is 6.85. The first-order chi connectivity index (χ1) is 9.63. The van der Waals surface area contributed by atoms with Crippen LogP contribution in [0.25, 0.3) is 0 Å². The van der Waals surface area contributed by atoms with Crippen LogP contribution in [-0.2, 0) is 0 Å². The molecule has 0 aromatic rings. The lowest BCUT2D eigenvalue weighted by molar-refractivity contribution is 0.247. The molecule has 0 heterocycles. The number of hydrogen-bond acceptors (Lipinski definition) is 3. The number of thioether (sulfide) groups is 1. The molecule has 2 rings (SSSR count). The van der Waals surface area contributed by atoms with Crippen LogP contribution in [0.4, 0.5) is 0 Å². The Balaban J connectivity index is 0.00000220. The molecule has 0 saturated heterocycles. The monoisotopic (exact) mass is 426 g/mol. The fourth-order valence-corrected chi connectivity index (χ4v) is 3.70. The van der Waals surface area contributed by atoms with Crippen LogP contribution < -0.4 is 10.6 Å². The molecule has 0 aliphatic heterocycles. The lowest BCUT2D eigenvalue weighted by atomic mass is 10.2. The molecular formula is C15H31IN4S. The standard InChI is InChI=1S/C15H30N4S.HI/c1-11(19(3)13-6-7-13)10-17-15(16-2)18-12-5-8-14(9-12)20-4;/h11-14H,5-10H2,1-4H3,(H2,16,17,18);1H. The molecule has 2 fully saturated rings. The highest BCUT2D eigenvalue weighted by Crippen LogP contribution is 2.28. The van der Waals surface area contributed by atoms with Crippen LogP contribution in [0.5, 0.6) is 0 Å². The van der Waals surface area contributed by atoms with Crippen molar-refractivity contribution in [3.8, 4) is 0 Å². The summed E-state index contributed by atoms with van der Waals surface area (Å²) in [6.45, 7) is 3.25. The lowest BCUT2D eigenvalue weighted by Crippen LogP contribution is -2.47. The van der Waals surface area contributed by atoms with E-state index in [2.05, 4.69) is 40.8 Å². The van der Waals surface area contributed by atoms with Crippen LogP contribution in [0.3, 0.4) is 0 Å². The van der Waals surface area contributed by atoms with Gasteiger partial charge in [-0.3, -0.25) is 9.89 Å². The minimum Gasteiger partial charge on any atom is -0.355 e. The maximum atomic E-state index is 4.36. The Morgan fingerprint density at radius 3 is 2.57 bits per heavy atom. The average Bonchev–Trinajstić information content (AvgIpc) is 3.22. The van der Waals surface area contributed by atoms with Gasteiger partial charge in [-0.25, -0.2) is 0 Å². The van der Waals surface area contributed by atoms with Gasteiger partial charge in [0.25, 0.3) is 0 Å². The van der Waals surface area contributed by atoms with Gasteiger partial charge in [-0.1, -0.05) is 0 Å². The summed E-state index contributed by atoms with van der Waals surface area (Å²) in [7, 11) is 4.10. The molecule has 0 aromatic heterocycles. The van der Waals surface area contributed by atoms with Crippen LogP contribution in [0, 0.1) is 0 Å². The van der Waals surface area contributed by atoms with Crippen LogP contribution in [0.2, 0.25) is 0 Å². The summed E-state index contributed by atoms with van der Waals surface area (Å²) in [5, 5.41) is 7.88. The zero-order valence-electron chi connectivity index (χ0n) is 13.8. The third-order valence-electron chi connectivity index (χ3n) is 4.67. The summed E-state index contributed by atoms with van der Waals surface area (Å²) in [6.07, 6.45) is 8.81. The van der Waals surface area contributed by atoms with E-state index in [0.717, 1.165) is 23.8 Å². The SMILES string of the molecule is CN=C(NCC(C)N(C)C1CC1)NC1CCC(SC)C1.I. The number of aliphatic imine (C=N–C) groups is 1. The Kier molecular flexibility index (Phi) is 8.71. The first-order valence-electron chi connectivity index (χ1n) is 7.86. The van der Waals surface area contributed by atoms with E-state index < -0.39 is 0 Å². The highest BCUT2D eigenvalue weighted by Gasteiger charge is 2.29. The molecule has 0 aromatic carbocycles. The Labute approximate surface area is 151 Å². The van der Waals surface area contributed by atoms with Crippen LogP contribution in [0.1, 0.15) is 39.0 Å². The third kappa shape index (κ3) is 6.14. The second-order valence-corrected chi connectivity index (χ2v) is 7.35. The number of likely N-dealkylation sites (N-methyl/N-ethyl adjacent to an activating group) is 1. The minimum atomic E-state index is 0. The van der Waals surface area contributed by atoms with E-state index in [9.17, 15) is 0 Å². The summed E-state index contributed by atoms with van der Waals surface area (Å²) in [5.74, 6) is 0.966. The molecular weight excluding hydrogens is 395 g/mol. The van der Waals surface area contributed by atoms with E-state index >= 15 is 0 Å². The first-order valence-corrected chi connectivity index (χ1v) is 9.14. The molecule has 2 N–H and O–H groups in total. The summed E-state index contributed by atoms with van der Waals surface area (Å²) < 4.78 is 0. The van der Waals surface area contributed by atoms with Crippen molar-refractivity contribution in [3.63, 3.8) is 0 Å². The Hall–Kier alpha value is 0.310. The zero-order valence-corrected chi connectivity index (χ0v) is 16.9. The van der Waals surface area contributed by atoms with Gasteiger partial charge in [0, 0.05) is 37.0 Å². The zero-order chi connectivity index (χ0) is 14.5. The molecule has 2 saturated carbocycles. The van der Waals surface area contributed by atoms with Gasteiger partial charge >= 0.3 is 0 Å².